The van der Waals surface area contributed by atoms with Crippen LogP contribution in [0.15, 0.2) is 69.7 Å². The van der Waals surface area contributed by atoms with Gasteiger partial charge in [-0.3, -0.25) is 50.2 Å². The Bertz CT molecular complexity index is 4900. The topological polar surface area (TPSA) is 816 Å². The molecule has 0 spiro atoms. The summed E-state index contributed by atoms with van der Waals surface area (Å²) < 4.78 is 122. The molecule has 4 aliphatic heterocycles. The third-order valence-corrected chi connectivity index (χ3v) is 20.0. The summed E-state index contributed by atoms with van der Waals surface area (Å²) in [5, 5.41) is 50.2. The van der Waals surface area contributed by atoms with Crippen molar-refractivity contribution in [1.29, 1.82) is 5.26 Å². The lowest BCUT2D eigenvalue weighted by Crippen LogP contribution is -2.47. The number of carbonyl (C=O) groups is 3. The Morgan fingerprint density at radius 1 is 0.625 bits per heavy atom. The summed E-state index contributed by atoms with van der Waals surface area (Å²) in [7, 11) is -20.3. The van der Waals surface area contributed by atoms with Crippen molar-refractivity contribution in [3.05, 3.63) is 91.7 Å². The summed E-state index contributed by atoms with van der Waals surface area (Å²) in [5.74, 6) is -1.75. The summed E-state index contributed by atoms with van der Waals surface area (Å²) in [6.45, 7) is 3.62. The minimum atomic E-state index is -5.24. The molecule has 120 heavy (non-hydrogen) atoms. The number of nitrogens with zero attached hydrogens (tertiary/aromatic N) is 19. The minimum absolute atomic E-state index is 0. The molecular formula is C61H96N24O31P4. The van der Waals surface area contributed by atoms with Crippen LogP contribution >= 0.6 is 31.3 Å². The Balaban J connectivity index is 0.000000370. The molecule has 0 saturated carbocycles. The van der Waals surface area contributed by atoms with Gasteiger partial charge in [0.15, 0.2) is 48.1 Å². The molecule has 2 unspecified atom stereocenters. The molecule has 10 rings (SSSR count). The second kappa shape index (κ2) is 44.9. The highest BCUT2D eigenvalue weighted by Crippen LogP contribution is 2.52. The molecular weight excluding hydrogens is 1690 g/mol. The molecule has 0 radical (unpaired) electrons. The van der Waals surface area contributed by atoms with Crippen molar-refractivity contribution in [3.63, 3.8) is 0 Å². The van der Waals surface area contributed by atoms with E-state index in [1.54, 1.807) is 33.8 Å². The number of aromatic nitrogens is 12. The highest BCUT2D eigenvalue weighted by atomic mass is 31.2. The maximum absolute atomic E-state index is 13.8. The molecule has 59 heteroatoms. The average molecular weight is 1790 g/mol. The summed E-state index contributed by atoms with van der Waals surface area (Å²) in [6.07, 6.45) is -11.7. The number of hydrogen-bond donors (Lipinski definition) is 14. The summed E-state index contributed by atoms with van der Waals surface area (Å²) in [5.41, 5.74) is 37.4. The molecule has 666 valence electrons. The van der Waals surface area contributed by atoms with Gasteiger partial charge in [0, 0.05) is 48.1 Å². The predicted octanol–water partition coefficient (Wildman–Crippen LogP) is 2.53. The fourth-order valence-corrected chi connectivity index (χ4v) is 14.2. The zero-order valence-electron chi connectivity index (χ0n) is 62.1. The second-order valence-corrected chi connectivity index (χ2v) is 31.9. The van der Waals surface area contributed by atoms with Crippen molar-refractivity contribution in [1.82, 2.24) is 63.5 Å². The van der Waals surface area contributed by atoms with Gasteiger partial charge in [0.2, 0.25) is 0 Å². The van der Waals surface area contributed by atoms with Crippen molar-refractivity contribution in [2.45, 2.75) is 199 Å². The van der Waals surface area contributed by atoms with Gasteiger partial charge in [-0.05, 0) is 69.6 Å². The van der Waals surface area contributed by atoms with Crippen LogP contribution in [0, 0.1) is 17.2 Å². The van der Waals surface area contributed by atoms with E-state index in [2.05, 4.69) is 79.0 Å². The fraction of sp³-hybridized carbons (Fsp3) is 0.639. The first-order valence-corrected chi connectivity index (χ1v) is 40.8. The van der Waals surface area contributed by atoms with E-state index in [1.807, 2.05) is 0 Å². The van der Waals surface area contributed by atoms with Crippen LogP contribution in [0.2, 0.25) is 0 Å². The maximum Gasteiger partial charge on any atom is 0.472 e. The fourth-order valence-electron chi connectivity index (χ4n) is 11.6. The third-order valence-electron chi connectivity index (χ3n) is 17.0. The number of aliphatic hydroxyl groups is 3. The number of amides is 1. The number of nitrogens with one attached hydrogen (secondary N) is 1. The van der Waals surface area contributed by atoms with Gasteiger partial charge in [-0.1, -0.05) is 52.3 Å². The number of ether oxygens (including phenoxy) is 7. The number of carbonyl (C=O) groups excluding carboxylic acids is 3. The van der Waals surface area contributed by atoms with Crippen molar-refractivity contribution in [2.75, 3.05) is 69.1 Å². The highest BCUT2D eigenvalue weighted by Gasteiger charge is 2.52. The Labute approximate surface area is 680 Å². The standard InChI is InChI=1S/C30H44N12O16P2.C19H26N8O13P2.C9H14N4O2.3CH4/c1-30(2,3)57-29(46)38-15(6-4-5-8-37-40-33)27(44)56-23-18(55-26(22(23)43)42-14-36-21-24(32)34-13-35-25(21)42)12-53-60(50,51)58-16-10-20(41-9-7-19(31)39-28(41)45)54-17(16)11-52-59(47,48)49;20-11-1-2-26(19(30)25-11)12-3-8(9(38-12)4-36-41(31,32)33)40-42(34,35)37-5-10-14(28)15(29)18(39-10)27-7-24-13-16(21)22-6-23-17(13)27;1-8(9(14)15-7-5-10)4-2-3-6-12-13-11;;;/h7,9,13-18,20,22-23,26,43H,4-6,8,10-12H2,1-3H3,(H,38,46)(H,50,51)(H2,31,39,45)(H2,32,34,35)(H2,47,48,49);1-2,6-10,12,14-15,18,28-29H,3-5H2,(H,34,35)(H2,20,25,30)(H2,21,22,23)(H2,31,32,33);8H,2-4,6-7H2,1H3;3*1H4/t15-,16-,17+,18+,20+,22+,23+,26+;8-,9+,10+,12+,14+,15+,18+;8-;;;/m000.../s1. The van der Waals surface area contributed by atoms with E-state index < -0.39 is 179 Å². The van der Waals surface area contributed by atoms with E-state index in [-0.39, 0.29) is 119 Å². The first-order chi connectivity index (χ1) is 55.1. The average Bonchev–Trinajstić information content (AvgIpc) is 1.62. The highest BCUT2D eigenvalue weighted by molar-refractivity contribution is 7.47. The van der Waals surface area contributed by atoms with Gasteiger partial charge in [-0.25, -0.2) is 67.3 Å². The Morgan fingerprint density at radius 3 is 1.51 bits per heavy atom. The predicted molar refractivity (Wildman–Crippen MR) is 410 cm³/mol. The second-order valence-electron chi connectivity index (χ2n) is 26.6. The number of phosphoric acid groups is 4. The largest absolute Gasteiger partial charge is 0.472 e. The van der Waals surface area contributed by atoms with Crippen molar-refractivity contribution >= 4 is 94.9 Å². The first kappa shape index (κ1) is 101. The van der Waals surface area contributed by atoms with E-state index in [0.717, 1.165) is 28.3 Å². The van der Waals surface area contributed by atoms with Crippen LogP contribution < -0.4 is 39.6 Å². The molecule has 6 aromatic rings. The van der Waals surface area contributed by atoms with Crippen LogP contribution in [-0.2, 0) is 88.1 Å². The molecule has 10 heterocycles. The zero-order chi connectivity index (χ0) is 85.9. The molecule has 0 bridgehead atoms. The molecule has 4 saturated heterocycles. The number of aliphatic hydroxyl groups excluding tert-OH is 3. The summed E-state index contributed by atoms with van der Waals surface area (Å²) >= 11 is 0. The number of fused-ring (bicyclic) bond motifs is 2. The van der Waals surface area contributed by atoms with Crippen molar-refractivity contribution < 1.29 is 138 Å². The van der Waals surface area contributed by atoms with Crippen LogP contribution in [0.1, 0.15) is 126 Å². The quantitative estimate of drug-likeness (QED) is 0.00517. The number of esters is 2. The number of nitriles is 1. The first-order valence-electron chi connectivity index (χ1n) is 34.8. The number of nitrogen functional groups attached to an aromatic ring is 4. The van der Waals surface area contributed by atoms with Crippen molar-refractivity contribution in [2.24, 2.45) is 16.1 Å². The van der Waals surface area contributed by atoms with E-state index in [9.17, 15) is 77.1 Å². The summed E-state index contributed by atoms with van der Waals surface area (Å²) in [6, 6.07) is 2.93. The van der Waals surface area contributed by atoms with Gasteiger partial charge < -0.3 is 106 Å². The normalized spacial score (nSPS) is 24.1. The molecule has 4 fully saturated rings. The molecule has 1 amide bonds. The van der Waals surface area contributed by atoms with Gasteiger partial charge in [0.25, 0.3) is 0 Å². The molecule has 6 aromatic heterocycles. The maximum atomic E-state index is 13.8. The van der Waals surface area contributed by atoms with Gasteiger partial charge in [0.05, 0.1) is 45.0 Å². The van der Waals surface area contributed by atoms with Gasteiger partial charge in [-0.2, -0.15) is 15.2 Å². The third kappa shape index (κ3) is 29.1. The van der Waals surface area contributed by atoms with Crippen LogP contribution in [0.4, 0.5) is 28.1 Å². The van der Waals surface area contributed by atoms with E-state index in [1.165, 1.54) is 52.6 Å². The molecule has 0 aromatic carbocycles. The lowest BCUT2D eigenvalue weighted by molar-refractivity contribution is -0.159. The number of unbranched alkanes of at least 4 members (excludes halogenated alkanes) is 2. The lowest BCUT2D eigenvalue weighted by Gasteiger charge is -2.26. The summed E-state index contributed by atoms with van der Waals surface area (Å²) in [4.78, 5) is 157. The molecule has 55 nitrogen and oxygen atoms in total. The number of hydrogen-bond acceptors (Lipinski definition) is 40. The lowest BCUT2D eigenvalue weighted by atomic mass is 10.0. The Morgan fingerprint density at radius 2 is 1.07 bits per heavy atom. The number of azide groups is 2. The molecule has 18 N–H and O–H groups in total. The number of phosphoric ester groups is 4. The zero-order valence-corrected chi connectivity index (χ0v) is 65.6. The van der Waals surface area contributed by atoms with Crippen LogP contribution in [-0.4, -0.2) is 240 Å². The number of rotatable bonds is 35. The SMILES string of the molecule is C.C.C.CC(C)(C)OC(=O)N[C@@H](CCCCN=[N+]=[N-])C(=O)O[C@H]1[C@@H](O)[C@H](n2cnc3c(N)ncnc32)O[C@@H]1COP(=O)(O)O[C@H]1C[C@H](n2ccc(N)nc2=O)O[C@@H]1COP(=O)(O)O.C[C@@H](CCCCN=[N+]=[N-])C(=O)OCC#N.Nc1ccn([C@H]2C[C@H](OP(=O)(O)OC[C@H]3O[C@@H](n4cnc5c(N)ncnc54)[C@H](O)[C@@H]3O)[C@@H](COP(=O)(O)O)O2)c(=O)n1. The smallest absolute Gasteiger partial charge is 0.455 e. The van der Waals surface area contributed by atoms with Crippen LogP contribution in [0.25, 0.3) is 43.2 Å². The van der Waals surface area contributed by atoms with Crippen LogP contribution in [0.5, 0.6) is 0 Å². The molecule has 0 aliphatic carbocycles. The Hall–Kier alpha value is -9.46. The van der Waals surface area contributed by atoms with Crippen molar-refractivity contribution in [3.8, 4) is 6.07 Å². The van der Waals surface area contributed by atoms with Gasteiger partial charge in [-0.15, -0.1) is 0 Å². The van der Waals surface area contributed by atoms with Gasteiger partial charge >= 0.3 is 60.7 Å². The number of alkyl carbamates (subject to hydrolysis) is 1. The van der Waals surface area contributed by atoms with Gasteiger partial charge in [0.1, 0.15) is 120 Å². The number of nitrogens with two attached hydrogens (primary N) is 4. The Kier molecular flexibility index (Phi) is 37.8. The van der Waals surface area contributed by atoms with E-state index >= 15 is 0 Å². The van der Waals surface area contributed by atoms with Crippen LogP contribution in [0.3, 0.4) is 0 Å². The minimum Gasteiger partial charge on any atom is -0.455 e. The number of anilines is 4. The van der Waals surface area contributed by atoms with E-state index in [0.29, 0.717) is 19.4 Å². The monoisotopic (exact) mass is 1780 g/mol. The van der Waals surface area contributed by atoms with E-state index in [4.69, 9.17) is 95.6 Å². The number of imidazole rings is 2. The molecule has 18 atom stereocenters. The molecule has 4 aliphatic rings.